The molecule has 0 aliphatic heterocycles. The standard InChI is InChI=1S/C24H24F4N2O4/c1-14-23(15(2)34-30-14)20-5-3-16(10-21(20)25)9-18(32)11-17(7-8-31)22-6-4-19(12-29-22)33-13-24(26,27)28/h3-6,10,12,17,31H,7-9,11,13H2,1-2H3/t17-/m0/s1. The second kappa shape index (κ2) is 10.8. The predicted molar refractivity (Wildman–Crippen MR) is 115 cm³/mol. The summed E-state index contributed by atoms with van der Waals surface area (Å²) in [6.45, 7) is 1.77. The van der Waals surface area contributed by atoms with Gasteiger partial charge in [-0.2, -0.15) is 13.2 Å². The number of halogens is 4. The van der Waals surface area contributed by atoms with Crippen molar-refractivity contribution in [1.82, 2.24) is 10.1 Å². The smallest absolute Gasteiger partial charge is 0.422 e. The molecule has 10 heteroatoms. The molecule has 3 rings (SSSR count). The lowest BCUT2D eigenvalue weighted by molar-refractivity contribution is -0.153. The Kier molecular flexibility index (Phi) is 8.03. The number of Topliss-reactive ketones (excluding diaryl/α,β-unsaturated/α-hetero) is 1. The number of rotatable bonds is 10. The Balaban J connectivity index is 1.66. The molecule has 0 bridgehead atoms. The van der Waals surface area contributed by atoms with Gasteiger partial charge < -0.3 is 14.4 Å². The van der Waals surface area contributed by atoms with Gasteiger partial charge in [-0.3, -0.25) is 9.78 Å². The van der Waals surface area contributed by atoms with Crippen LogP contribution in [0.4, 0.5) is 17.6 Å². The molecule has 2 heterocycles. The number of aryl methyl sites for hydroxylation is 2. The third-order valence-corrected chi connectivity index (χ3v) is 5.27. The summed E-state index contributed by atoms with van der Waals surface area (Å²) in [6.07, 6.45) is -3.06. The Hall–Kier alpha value is -3.27. The fourth-order valence-electron chi connectivity index (χ4n) is 3.71. The van der Waals surface area contributed by atoms with Crippen molar-refractivity contribution in [3.63, 3.8) is 0 Å². The molecular formula is C24H24F4N2O4. The van der Waals surface area contributed by atoms with Gasteiger partial charge in [0.25, 0.3) is 0 Å². The van der Waals surface area contributed by atoms with E-state index in [1.807, 2.05) is 0 Å². The number of aliphatic hydroxyl groups excluding tert-OH is 1. The SMILES string of the molecule is Cc1noc(C)c1-c1ccc(CC(=O)C[C@H](CCO)c2ccc(OCC(F)(F)F)cn2)cc1F. The summed E-state index contributed by atoms with van der Waals surface area (Å²) in [5.74, 6) is -0.691. The van der Waals surface area contributed by atoms with Crippen molar-refractivity contribution < 1.29 is 36.7 Å². The highest BCUT2D eigenvalue weighted by Gasteiger charge is 2.28. The molecule has 1 aromatic carbocycles. The highest BCUT2D eigenvalue weighted by Crippen LogP contribution is 2.30. The van der Waals surface area contributed by atoms with Gasteiger partial charge in [-0.1, -0.05) is 17.3 Å². The molecule has 0 aliphatic carbocycles. The zero-order valence-corrected chi connectivity index (χ0v) is 18.7. The van der Waals surface area contributed by atoms with Gasteiger partial charge in [-0.05, 0) is 44.0 Å². The Bertz CT molecular complexity index is 1110. The summed E-state index contributed by atoms with van der Waals surface area (Å²) >= 11 is 0. The fraction of sp³-hybridized carbons (Fsp3) is 0.375. The van der Waals surface area contributed by atoms with Crippen molar-refractivity contribution in [2.75, 3.05) is 13.2 Å². The molecule has 0 amide bonds. The molecule has 34 heavy (non-hydrogen) atoms. The minimum Gasteiger partial charge on any atom is -0.483 e. The number of aliphatic hydroxyl groups is 1. The zero-order chi connectivity index (χ0) is 24.9. The lowest BCUT2D eigenvalue weighted by Crippen LogP contribution is -2.19. The van der Waals surface area contributed by atoms with Crippen molar-refractivity contribution in [2.24, 2.45) is 0 Å². The molecule has 0 unspecified atom stereocenters. The highest BCUT2D eigenvalue weighted by molar-refractivity contribution is 5.82. The molecule has 182 valence electrons. The summed E-state index contributed by atoms with van der Waals surface area (Å²) in [4.78, 5) is 16.8. The van der Waals surface area contributed by atoms with Crippen LogP contribution in [0.2, 0.25) is 0 Å². The number of carbonyl (C=O) groups excluding carboxylic acids is 1. The lowest BCUT2D eigenvalue weighted by Gasteiger charge is -2.16. The number of ether oxygens (including phenoxy) is 1. The van der Waals surface area contributed by atoms with Crippen LogP contribution in [-0.2, 0) is 11.2 Å². The first kappa shape index (κ1) is 25.4. The van der Waals surface area contributed by atoms with E-state index in [0.717, 1.165) is 6.20 Å². The number of hydrogen-bond donors (Lipinski definition) is 1. The van der Waals surface area contributed by atoms with Crippen LogP contribution in [0.25, 0.3) is 11.1 Å². The minimum absolute atomic E-state index is 0.0203. The maximum Gasteiger partial charge on any atom is 0.422 e. The molecule has 0 radical (unpaired) electrons. The molecule has 0 saturated carbocycles. The topological polar surface area (TPSA) is 85.5 Å². The highest BCUT2D eigenvalue weighted by atomic mass is 19.4. The van der Waals surface area contributed by atoms with E-state index in [0.29, 0.717) is 33.8 Å². The third-order valence-electron chi connectivity index (χ3n) is 5.27. The number of ketones is 1. The van der Waals surface area contributed by atoms with E-state index in [1.54, 1.807) is 26.0 Å². The van der Waals surface area contributed by atoms with Crippen LogP contribution in [-0.4, -0.2) is 40.4 Å². The van der Waals surface area contributed by atoms with E-state index < -0.39 is 24.5 Å². The molecule has 0 fully saturated rings. The van der Waals surface area contributed by atoms with Crippen molar-refractivity contribution >= 4 is 5.78 Å². The second-order valence-corrected chi connectivity index (χ2v) is 7.96. The van der Waals surface area contributed by atoms with E-state index in [9.17, 15) is 27.5 Å². The third kappa shape index (κ3) is 6.63. The van der Waals surface area contributed by atoms with E-state index in [2.05, 4.69) is 14.9 Å². The second-order valence-electron chi connectivity index (χ2n) is 7.96. The maximum absolute atomic E-state index is 14.7. The Labute approximate surface area is 193 Å². The quantitative estimate of drug-likeness (QED) is 0.407. The van der Waals surface area contributed by atoms with Crippen LogP contribution in [0.1, 0.15) is 41.5 Å². The van der Waals surface area contributed by atoms with Crippen molar-refractivity contribution in [2.45, 2.75) is 45.2 Å². The van der Waals surface area contributed by atoms with Gasteiger partial charge in [0.1, 0.15) is 23.1 Å². The molecule has 0 spiro atoms. The zero-order valence-electron chi connectivity index (χ0n) is 18.7. The van der Waals surface area contributed by atoms with Gasteiger partial charge in [-0.15, -0.1) is 0 Å². The van der Waals surface area contributed by atoms with Gasteiger partial charge in [0, 0.05) is 36.6 Å². The molecule has 0 aliphatic rings. The van der Waals surface area contributed by atoms with Crippen LogP contribution in [0, 0.1) is 19.7 Å². The number of hydrogen-bond acceptors (Lipinski definition) is 6. The van der Waals surface area contributed by atoms with Crippen molar-refractivity contribution in [3.8, 4) is 16.9 Å². The van der Waals surface area contributed by atoms with E-state index in [1.165, 1.54) is 18.2 Å². The van der Waals surface area contributed by atoms with Crippen LogP contribution in [0.5, 0.6) is 5.75 Å². The first-order valence-electron chi connectivity index (χ1n) is 10.6. The molecule has 0 saturated heterocycles. The Morgan fingerprint density at radius 1 is 1.21 bits per heavy atom. The molecule has 2 aromatic heterocycles. The summed E-state index contributed by atoms with van der Waals surface area (Å²) in [6, 6.07) is 7.35. The molecule has 1 atom stereocenters. The molecule has 3 aromatic rings. The molecule has 6 nitrogen and oxygen atoms in total. The summed E-state index contributed by atoms with van der Waals surface area (Å²) < 4.78 is 61.3. The van der Waals surface area contributed by atoms with E-state index >= 15 is 0 Å². The summed E-state index contributed by atoms with van der Waals surface area (Å²) in [7, 11) is 0. The van der Waals surface area contributed by atoms with Gasteiger partial charge in [0.2, 0.25) is 0 Å². The minimum atomic E-state index is -4.46. The Morgan fingerprint density at radius 3 is 2.53 bits per heavy atom. The molecular weight excluding hydrogens is 456 g/mol. The summed E-state index contributed by atoms with van der Waals surface area (Å²) in [5, 5.41) is 13.2. The average Bonchev–Trinajstić information content (AvgIpc) is 3.10. The number of benzene rings is 1. The number of aromatic nitrogens is 2. The van der Waals surface area contributed by atoms with Crippen LogP contribution in [0.3, 0.4) is 0 Å². The Morgan fingerprint density at radius 2 is 1.97 bits per heavy atom. The van der Waals surface area contributed by atoms with E-state index in [4.69, 9.17) is 4.52 Å². The van der Waals surface area contributed by atoms with Crippen LogP contribution in [0.15, 0.2) is 41.1 Å². The normalized spacial score (nSPS) is 12.6. The monoisotopic (exact) mass is 480 g/mol. The lowest BCUT2D eigenvalue weighted by atomic mass is 9.92. The predicted octanol–water partition coefficient (Wildman–Crippen LogP) is 5.10. The largest absolute Gasteiger partial charge is 0.483 e. The number of nitrogens with zero attached hydrogens (tertiary/aromatic N) is 2. The van der Waals surface area contributed by atoms with Gasteiger partial charge in [0.05, 0.1) is 17.5 Å². The number of carbonyl (C=O) groups is 1. The van der Waals surface area contributed by atoms with Gasteiger partial charge in [-0.25, -0.2) is 4.39 Å². The number of alkyl halides is 3. The van der Waals surface area contributed by atoms with Gasteiger partial charge >= 0.3 is 6.18 Å². The number of pyridine rings is 1. The van der Waals surface area contributed by atoms with Crippen molar-refractivity contribution in [3.05, 3.63) is 65.1 Å². The summed E-state index contributed by atoms with van der Waals surface area (Å²) in [5.41, 5.74) is 2.41. The molecule has 1 N–H and O–H groups in total. The van der Waals surface area contributed by atoms with E-state index in [-0.39, 0.29) is 37.4 Å². The van der Waals surface area contributed by atoms with Gasteiger partial charge in [0.15, 0.2) is 6.61 Å². The first-order chi connectivity index (χ1) is 16.1. The average molecular weight is 480 g/mol. The van der Waals surface area contributed by atoms with Crippen LogP contribution < -0.4 is 4.74 Å². The fourth-order valence-corrected chi connectivity index (χ4v) is 3.71. The van der Waals surface area contributed by atoms with Crippen molar-refractivity contribution in [1.29, 1.82) is 0 Å². The van der Waals surface area contributed by atoms with Crippen LogP contribution >= 0.6 is 0 Å². The maximum atomic E-state index is 14.7. The first-order valence-corrected chi connectivity index (χ1v) is 10.6.